The Morgan fingerprint density at radius 1 is 1.30 bits per heavy atom. The predicted octanol–water partition coefficient (Wildman–Crippen LogP) is 1.99. The number of quaternary nitrogens is 1. The Hall–Kier alpha value is 0.310. The molecule has 2 heteroatoms. The van der Waals surface area contributed by atoms with E-state index >= 15 is 0 Å². The molecule has 0 N–H and O–H groups in total. The lowest BCUT2D eigenvalue weighted by Crippen LogP contribution is -2.45. The van der Waals surface area contributed by atoms with Crippen LogP contribution in [0.15, 0.2) is 0 Å². The first-order chi connectivity index (χ1) is 4.39. The summed E-state index contributed by atoms with van der Waals surface area (Å²) in [6.07, 6.45) is 1.21. The lowest BCUT2D eigenvalue weighted by Gasteiger charge is -2.34. The number of thiol groups is 1. The van der Waals surface area contributed by atoms with Crippen LogP contribution in [-0.2, 0) is 0 Å². The minimum Gasteiger partial charge on any atom is -0.320 e. The molecule has 0 saturated heterocycles. The molecule has 0 fully saturated rings. The third-order valence-electron chi connectivity index (χ3n) is 1.95. The Morgan fingerprint density at radius 2 is 1.70 bits per heavy atom. The highest BCUT2D eigenvalue weighted by atomic mass is 32.1. The first-order valence-corrected chi connectivity index (χ1v) is 4.40. The maximum absolute atomic E-state index is 4.56. The average molecular weight is 162 g/mol. The highest BCUT2D eigenvalue weighted by Crippen LogP contribution is 2.19. The Bertz CT molecular complexity index is 95.9. The third-order valence-corrected chi connectivity index (χ3v) is 3.15. The molecule has 0 bridgehead atoms. The van der Waals surface area contributed by atoms with Crippen LogP contribution in [0.2, 0.25) is 0 Å². The summed E-state index contributed by atoms with van der Waals surface area (Å²) in [4.78, 5) is 0. The monoisotopic (exact) mass is 162 g/mol. The second-order valence-electron chi connectivity index (χ2n) is 3.92. The van der Waals surface area contributed by atoms with Crippen molar-refractivity contribution in [2.45, 2.75) is 25.6 Å². The number of nitrogens with zero attached hydrogens (tertiary/aromatic N) is 1. The molecule has 0 aromatic heterocycles. The first-order valence-electron chi connectivity index (χ1n) is 3.88. The highest BCUT2D eigenvalue weighted by Gasteiger charge is 2.24. The summed E-state index contributed by atoms with van der Waals surface area (Å²) in [7, 11) is 6.55. The second-order valence-corrected chi connectivity index (χ2v) is 4.44. The molecule has 0 heterocycles. The van der Waals surface area contributed by atoms with Crippen molar-refractivity contribution >= 4 is 12.6 Å². The van der Waals surface area contributed by atoms with E-state index in [-0.39, 0.29) is 0 Å². The summed E-state index contributed by atoms with van der Waals surface area (Å²) in [5.41, 5.74) is 0. The summed E-state index contributed by atoms with van der Waals surface area (Å²) in [6, 6.07) is 0. The van der Waals surface area contributed by atoms with Crippen LogP contribution >= 0.6 is 12.6 Å². The molecule has 0 aliphatic heterocycles. The fourth-order valence-corrected chi connectivity index (χ4v) is 1.19. The lowest BCUT2D eigenvalue weighted by atomic mass is 10.1. The molecule has 2 unspecified atom stereocenters. The van der Waals surface area contributed by atoms with Gasteiger partial charge in [-0.1, -0.05) is 13.8 Å². The Balaban J connectivity index is 3.94. The van der Waals surface area contributed by atoms with Gasteiger partial charge in [0, 0.05) is 5.92 Å². The normalized spacial score (nSPS) is 18.6. The van der Waals surface area contributed by atoms with E-state index in [1.165, 1.54) is 6.42 Å². The lowest BCUT2D eigenvalue weighted by molar-refractivity contribution is -0.883. The van der Waals surface area contributed by atoms with Gasteiger partial charge in [0.25, 0.3) is 0 Å². The number of rotatable bonds is 3. The van der Waals surface area contributed by atoms with Gasteiger partial charge in [0.1, 0.15) is 5.37 Å². The van der Waals surface area contributed by atoms with E-state index < -0.39 is 0 Å². The maximum atomic E-state index is 4.56. The molecule has 0 rings (SSSR count). The summed E-state index contributed by atoms with van der Waals surface area (Å²) in [5, 5.41) is 0.463. The van der Waals surface area contributed by atoms with Crippen LogP contribution in [0.3, 0.4) is 0 Å². The van der Waals surface area contributed by atoms with Crippen molar-refractivity contribution in [2.75, 3.05) is 21.1 Å². The van der Waals surface area contributed by atoms with Gasteiger partial charge in [-0.3, -0.25) is 0 Å². The molecule has 2 atom stereocenters. The van der Waals surface area contributed by atoms with Crippen LogP contribution in [0.4, 0.5) is 0 Å². The van der Waals surface area contributed by atoms with E-state index in [1.807, 2.05) is 0 Å². The van der Waals surface area contributed by atoms with E-state index in [9.17, 15) is 0 Å². The van der Waals surface area contributed by atoms with Crippen molar-refractivity contribution in [3.63, 3.8) is 0 Å². The number of hydrogen-bond donors (Lipinski definition) is 1. The minimum atomic E-state index is 0.463. The van der Waals surface area contributed by atoms with Crippen LogP contribution in [-0.4, -0.2) is 31.0 Å². The van der Waals surface area contributed by atoms with E-state index in [1.54, 1.807) is 0 Å². The van der Waals surface area contributed by atoms with Crippen molar-refractivity contribution in [1.82, 2.24) is 0 Å². The molecule has 0 aromatic carbocycles. The first kappa shape index (κ1) is 10.3. The summed E-state index contributed by atoms with van der Waals surface area (Å²) in [5.74, 6) is 0.698. The van der Waals surface area contributed by atoms with Gasteiger partial charge in [-0.05, 0) is 6.42 Å². The van der Waals surface area contributed by atoms with Gasteiger partial charge in [0.2, 0.25) is 0 Å². The molecule has 0 aliphatic carbocycles. The van der Waals surface area contributed by atoms with Crippen molar-refractivity contribution in [2.24, 2.45) is 5.92 Å². The Morgan fingerprint density at radius 3 is 1.80 bits per heavy atom. The van der Waals surface area contributed by atoms with E-state index in [0.717, 1.165) is 4.48 Å². The van der Waals surface area contributed by atoms with E-state index in [4.69, 9.17) is 0 Å². The zero-order valence-corrected chi connectivity index (χ0v) is 8.65. The van der Waals surface area contributed by atoms with Crippen molar-refractivity contribution in [3.05, 3.63) is 0 Å². The molecular weight excluding hydrogens is 142 g/mol. The van der Waals surface area contributed by atoms with Crippen LogP contribution in [0.25, 0.3) is 0 Å². The molecule has 0 aromatic rings. The summed E-state index contributed by atoms with van der Waals surface area (Å²) in [6.45, 7) is 4.46. The fourth-order valence-electron chi connectivity index (χ4n) is 0.974. The van der Waals surface area contributed by atoms with Crippen LogP contribution in [0.5, 0.6) is 0 Å². The van der Waals surface area contributed by atoms with Gasteiger partial charge in [-0.15, -0.1) is 12.6 Å². The smallest absolute Gasteiger partial charge is 0.135 e. The van der Waals surface area contributed by atoms with Gasteiger partial charge < -0.3 is 4.48 Å². The molecular formula is C8H20NS+. The molecule has 0 radical (unpaired) electrons. The number of hydrogen-bond acceptors (Lipinski definition) is 1. The van der Waals surface area contributed by atoms with Gasteiger partial charge in [-0.2, -0.15) is 0 Å². The highest BCUT2D eigenvalue weighted by molar-refractivity contribution is 7.80. The van der Waals surface area contributed by atoms with Crippen molar-refractivity contribution < 1.29 is 4.48 Å². The molecule has 62 valence electrons. The third kappa shape index (κ3) is 2.93. The zero-order valence-electron chi connectivity index (χ0n) is 7.76. The van der Waals surface area contributed by atoms with Crippen molar-refractivity contribution in [1.29, 1.82) is 0 Å². The minimum absolute atomic E-state index is 0.463. The molecule has 0 saturated carbocycles. The van der Waals surface area contributed by atoms with Crippen molar-refractivity contribution in [3.8, 4) is 0 Å². The molecule has 1 nitrogen and oxygen atoms in total. The van der Waals surface area contributed by atoms with Gasteiger partial charge in [0.15, 0.2) is 0 Å². The molecule has 0 spiro atoms. The quantitative estimate of drug-likeness (QED) is 0.366. The topological polar surface area (TPSA) is 0 Å². The fraction of sp³-hybridized carbons (Fsp3) is 1.00. The second kappa shape index (κ2) is 3.63. The summed E-state index contributed by atoms with van der Waals surface area (Å²) >= 11 is 4.56. The van der Waals surface area contributed by atoms with Crippen LogP contribution in [0.1, 0.15) is 20.3 Å². The summed E-state index contributed by atoms with van der Waals surface area (Å²) < 4.78 is 0.943. The zero-order chi connectivity index (χ0) is 8.36. The Labute approximate surface area is 70.4 Å². The molecule has 0 aliphatic rings. The molecule has 0 amide bonds. The van der Waals surface area contributed by atoms with E-state index in [2.05, 4.69) is 47.6 Å². The average Bonchev–Trinajstić information content (AvgIpc) is 1.83. The Kier molecular flexibility index (Phi) is 3.74. The van der Waals surface area contributed by atoms with Gasteiger partial charge in [0.05, 0.1) is 21.1 Å². The maximum Gasteiger partial charge on any atom is 0.135 e. The molecule has 10 heavy (non-hydrogen) atoms. The van der Waals surface area contributed by atoms with Crippen LogP contribution in [0, 0.1) is 5.92 Å². The SMILES string of the molecule is CCC(C)C(S)[N+](C)(C)C. The largest absolute Gasteiger partial charge is 0.320 e. The van der Waals surface area contributed by atoms with Gasteiger partial charge in [-0.25, -0.2) is 0 Å². The van der Waals surface area contributed by atoms with E-state index in [0.29, 0.717) is 11.3 Å². The standard InChI is InChI=1S/C8H19NS/c1-6-7(2)8(10)9(3,4)5/h7-8H,6H2,1-5H3/p+1. The predicted molar refractivity (Wildman–Crippen MR) is 50.3 cm³/mol. The van der Waals surface area contributed by atoms with Crippen LogP contribution < -0.4 is 0 Å². The van der Waals surface area contributed by atoms with Gasteiger partial charge >= 0.3 is 0 Å².